The van der Waals surface area contributed by atoms with E-state index in [4.69, 9.17) is 11.5 Å². The van der Waals surface area contributed by atoms with Crippen LogP contribution in [0.25, 0.3) is 0 Å². The second-order valence-electron chi connectivity index (χ2n) is 8.50. The maximum Gasteiger partial charge on any atom is 0.262 e. The first kappa shape index (κ1) is 23.6. The topological polar surface area (TPSA) is 153 Å². The largest absolute Gasteiger partial charge is 0.368 e. The van der Waals surface area contributed by atoms with Crippen LogP contribution in [0.2, 0.25) is 0 Å². The lowest BCUT2D eigenvalue weighted by Crippen LogP contribution is -2.54. The molecule has 2 aliphatic rings. The molecule has 0 radical (unpaired) electrons. The van der Waals surface area contributed by atoms with Gasteiger partial charge in [-0.2, -0.15) is 0 Å². The number of carbonyl (C=O) groups is 5. The van der Waals surface area contributed by atoms with Crippen molar-refractivity contribution in [1.29, 1.82) is 0 Å². The SMILES string of the molecule is NC(=O)C(N)CCCCCCCCc1ccc2c(c1)C(=O)N(C1CCC(=O)NC1=O)C2=O. The summed E-state index contributed by atoms with van der Waals surface area (Å²) in [5, 5.41) is 2.20. The van der Waals surface area contributed by atoms with Crippen LogP contribution in [0.4, 0.5) is 0 Å². The van der Waals surface area contributed by atoms with Crippen molar-refractivity contribution in [3.05, 3.63) is 34.9 Å². The van der Waals surface area contributed by atoms with Crippen molar-refractivity contribution < 1.29 is 24.0 Å². The summed E-state index contributed by atoms with van der Waals surface area (Å²) in [6.07, 6.45) is 7.67. The Balaban J connectivity index is 1.46. The molecule has 0 spiro atoms. The Bertz CT molecular complexity index is 929. The molecule has 2 unspecified atom stereocenters. The molecule has 9 heteroatoms. The normalized spacial score (nSPS) is 19.2. The third-order valence-electron chi connectivity index (χ3n) is 6.10. The summed E-state index contributed by atoms with van der Waals surface area (Å²) in [5.74, 6) is -2.41. The molecule has 0 saturated carbocycles. The Morgan fingerprint density at radius 1 is 1.00 bits per heavy atom. The van der Waals surface area contributed by atoms with Gasteiger partial charge in [0, 0.05) is 6.42 Å². The molecule has 3 rings (SSSR count). The molecule has 0 bridgehead atoms. The number of piperidine rings is 1. The molecule has 2 atom stereocenters. The van der Waals surface area contributed by atoms with Crippen LogP contribution in [-0.4, -0.2) is 46.5 Å². The fourth-order valence-electron chi connectivity index (χ4n) is 4.22. The van der Waals surface area contributed by atoms with Gasteiger partial charge in [-0.05, 0) is 43.4 Å². The Morgan fingerprint density at radius 3 is 2.34 bits per heavy atom. The number of hydrogen-bond donors (Lipinski definition) is 3. The summed E-state index contributed by atoms with van der Waals surface area (Å²) in [5.41, 5.74) is 12.3. The predicted octanol–water partition coefficient (Wildman–Crippen LogP) is 1.17. The van der Waals surface area contributed by atoms with Crippen molar-refractivity contribution in [1.82, 2.24) is 10.2 Å². The number of nitrogens with one attached hydrogen (secondary N) is 1. The Hall–Kier alpha value is -3.07. The lowest BCUT2D eigenvalue weighted by atomic mass is 10.0. The van der Waals surface area contributed by atoms with Crippen LogP contribution >= 0.6 is 0 Å². The fraction of sp³-hybridized carbons (Fsp3) is 0.522. The number of carbonyl (C=O) groups excluding carboxylic acids is 5. The number of benzene rings is 1. The Kier molecular flexibility index (Phi) is 7.74. The van der Waals surface area contributed by atoms with E-state index in [0.29, 0.717) is 17.5 Å². The van der Waals surface area contributed by atoms with E-state index in [1.54, 1.807) is 12.1 Å². The van der Waals surface area contributed by atoms with Crippen LogP contribution in [0.5, 0.6) is 0 Å². The lowest BCUT2D eigenvalue weighted by Gasteiger charge is -2.27. The number of imide groups is 2. The molecule has 1 aromatic carbocycles. The van der Waals surface area contributed by atoms with Gasteiger partial charge in [0.25, 0.3) is 11.8 Å². The van der Waals surface area contributed by atoms with Gasteiger partial charge >= 0.3 is 0 Å². The molecule has 9 nitrogen and oxygen atoms in total. The molecule has 172 valence electrons. The molecule has 1 saturated heterocycles. The number of rotatable bonds is 11. The molecule has 0 aliphatic carbocycles. The molecule has 5 amide bonds. The van der Waals surface area contributed by atoms with Gasteiger partial charge in [0.05, 0.1) is 17.2 Å². The number of nitrogens with zero attached hydrogens (tertiary/aromatic N) is 1. The van der Waals surface area contributed by atoms with Gasteiger partial charge in [-0.1, -0.05) is 38.2 Å². The smallest absolute Gasteiger partial charge is 0.262 e. The van der Waals surface area contributed by atoms with Crippen molar-refractivity contribution in [2.75, 3.05) is 0 Å². The third kappa shape index (κ3) is 5.40. The molecule has 1 fully saturated rings. The van der Waals surface area contributed by atoms with Crippen LogP contribution in [0.1, 0.15) is 84.1 Å². The van der Waals surface area contributed by atoms with Gasteiger partial charge in [0.15, 0.2) is 0 Å². The number of amides is 5. The average molecular weight is 443 g/mol. The number of hydrogen-bond acceptors (Lipinski definition) is 6. The quantitative estimate of drug-likeness (QED) is 0.345. The molecule has 32 heavy (non-hydrogen) atoms. The highest BCUT2D eigenvalue weighted by Crippen LogP contribution is 2.28. The van der Waals surface area contributed by atoms with Crippen LogP contribution < -0.4 is 16.8 Å². The Morgan fingerprint density at radius 2 is 1.66 bits per heavy atom. The van der Waals surface area contributed by atoms with E-state index in [1.165, 1.54) is 0 Å². The van der Waals surface area contributed by atoms with E-state index in [0.717, 1.165) is 55.4 Å². The zero-order valence-electron chi connectivity index (χ0n) is 18.1. The van der Waals surface area contributed by atoms with Gasteiger partial charge in [-0.25, -0.2) is 0 Å². The molecular formula is C23H30N4O5. The number of primary amides is 1. The lowest BCUT2D eigenvalue weighted by molar-refractivity contribution is -0.136. The summed E-state index contributed by atoms with van der Waals surface area (Å²) in [6, 6.07) is 3.74. The highest BCUT2D eigenvalue weighted by Gasteiger charge is 2.44. The van der Waals surface area contributed by atoms with Crippen molar-refractivity contribution in [3.8, 4) is 0 Å². The van der Waals surface area contributed by atoms with E-state index in [2.05, 4.69) is 5.32 Å². The van der Waals surface area contributed by atoms with E-state index < -0.39 is 35.7 Å². The minimum Gasteiger partial charge on any atom is -0.368 e. The number of unbranched alkanes of at least 4 members (excludes halogenated alkanes) is 5. The maximum absolute atomic E-state index is 12.9. The molecule has 0 aromatic heterocycles. The van der Waals surface area contributed by atoms with E-state index in [9.17, 15) is 24.0 Å². The average Bonchev–Trinajstić information content (AvgIpc) is 3.00. The molecule has 2 aliphatic heterocycles. The first-order valence-corrected chi connectivity index (χ1v) is 11.2. The van der Waals surface area contributed by atoms with E-state index >= 15 is 0 Å². The standard InChI is InChI=1S/C23H30N4O5/c24-17(20(25)29)8-6-4-2-1-3-5-7-14-9-10-15-16(13-14)23(32)27(22(15)31)18-11-12-19(28)26-21(18)30/h9-10,13,17-18H,1-8,11-12,24H2,(H2,25,29)(H,26,28,30). The van der Waals surface area contributed by atoms with Gasteiger partial charge < -0.3 is 11.5 Å². The van der Waals surface area contributed by atoms with Crippen molar-refractivity contribution in [3.63, 3.8) is 0 Å². The molecular weight excluding hydrogens is 412 g/mol. The van der Waals surface area contributed by atoms with Crippen molar-refractivity contribution in [2.45, 2.75) is 76.3 Å². The van der Waals surface area contributed by atoms with Gasteiger partial charge in [-0.3, -0.25) is 34.2 Å². The van der Waals surface area contributed by atoms with E-state index in [-0.39, 0.29) is 18.7 Å². The Labute approximate surface area is 186 Å². The summed E-state index contributed by atoms with van der Waals surface area (Å²) in [7, 11) is 0. The van der Waals surface area contributed by atoms with Crippen LogP contribution in [0.15, 0.2) is 18.2 Å². The molecule has 5 N–H and O–H groups in total. The predicted molar refractivity (Wildman–Crippen MR) is 116 cm³/mol. The maximum atomic E-state index is 12.9. The third-order valence-corrected chi connectivity index (χ3v) is 6.10. The van der Waals surface area contributed by atoms with Gasteiger partial charge in [-0.15, -0.1) is 0 Å². The summed E-state index contributed by atoms with van der Waals surface area (Å²) >= 11 is 0. The van der Waals surface area contributed by atoms with Crippen molar-refractivity contribution >= 4 is 29.5 Å². The van der Waals surface area contributed by atoms with Crippen LogP contribution in [-0.2, 0) is 20.8 Å². The number of aryl methyl sites for hydroxylation is 1. The highest BCUT2D eigenvalue weighted by atomic mass is 16.2. The van der Waals surface area contributed by atoms with Crippen molar-refractivity contribution in [2.24, 2.45) is 11.5 Å². The zero-order valence-corrected chi connectivity index (χ0v) is 18.1. The summed E-state index contributed by atoms with van der Waals surface area (Å²) in [4.78, 5) is 61.0. The molecule has 2 heterocycles. The minimum absolute atomic E-state index is 0.104. The van der Waals surface area contributed by atoms with Gasteiger partial charge in [0.1, 0.15) is 6.04 Å². The van der Waals surface area contributed by atoms with E-state index in [1.807, 2.05) is 6.07 Å². The summed E-state index contributed by atoms with van der Waals surface area (Å²) < 4.78 is 0. The first-order chi connectivity index (χ1) is 15.3. The second-order valence-corrected chi connectivity index (χ2v) is 8.50. The number of fused-ring (bicyclic) bond motifs is 1. The highest BCUT2D eigenvalue weighted by molar-refractivity contribution is 6.23. The van der Waals surface area contributed by atoms with Crippen LogP contribution in [0.3, 0.4) is 0 Å². The van der Waals surface area contributed by atoms with Gasteiger partial charge in [0.2, 0.25) is 17.7 Å². The first-order valence-electron chi connectivity index (χ1n) is 11.2. The number of nitrogens with two attached hydrogens (primary N) is 2. The second kappa shape index (κ2) is 10.5. The monoisotopic (exact) mass is 442 g/mol. The fourth-order valence-corrected chi connectivity index (χ4v) is 4.22. The van der Waals surface area contributed by atoms with Crippen LogP contribution in [0, 0.1) is 0 Å². The molecule has 1 aromatic rings. The zero-order chi connectivity index (χ0) is 23.3. The minimum atomic E-state index is -0.943. The summed E-state index contributed by atoms with van der Waals surface area (Å²) in [6.45, 7) is 0.